The Balaban J connectivity index is 2.72. The van der Waals surface area contributed by atoms with Crippen molar-refractivity contribution in [1.82, 2.24) is 0 Å². The largest absolute Gasteiger partial charge is 0.479 e. The quantitative estimate of drug-likeness (QED) is 0.0228. The van der Waals surface area contributed by atoms with E-state index in [0.717, 1.165) is 83.5 Å². The van der Waals surface area contributed by atoms with Gasteiger partial charge in [-0.25, -0.2) is 4.79 Å². The second-order valence-corrected chi connectivity index (χ2v) is 18.5. The zero-order valence-electron chi connectivity index (χ0n) is 42.4. The monoisotopic (exact) mass is 949 g/mol. The Morgan fingerprint density at radius 3 is 1.43 bits per heavy atom. The van der Waals surface area contributed by atoms with Crippen molar-refractivity contribution in [3.05, 3.63) is 36.5 Å². The van der Waals surface area contributed by atoms with Gasteiger partial charge in [-0.1, -0.05) is 205 Å². The fraction of sp³-hybridized carbons (Fsp3) is 0.818. The number of esters is 3. The van der Waals surface area contributed by atoms with Crippen LogP contribution in [0.3, 0.4) is 0 Å². The molecule has 12 heteroatoms. The molecule has 1 saturated heterocycles. The number of unbranched alkanes of at least 4 members (excludes halogenated alkanes) is 25. The number of carbonyl (C=O) groups is 4. The molecule has 0 aliphatic carbocycles. The molecule has 0 aromatic rings. The van der Waals surface area contributed by atoms with Crippen molar-refractivity contribution in [1.29, 1.82) is 0 Å². The fourth-order valence-electron chi connectivity index (χ4n) is 8.09. The Labute approximate surface area is 406 Å². The number of aliphatic carboxylic acids is 1. The predicted octanol–water partition coefficient (Wildman–Crippen LogP) is 12.9. The molecule has 0 spiro atoms. The van der Waals surface area contributed by atoms with E-state index in [-0.39, 0.29) is 25.9 Å². The molecule has 388 valence electrons. The van der Waals surface area contributed by atoms with E-state index in [1.165, 1.54) is 96.3 Å². The Bertz CT molecular complexity index is 1310. The smallest absolute Gasteiger partial charge is 0.335 e. The maximum atomic E-state index is 13.1. The number of allylic oxidation sites excluding steroid dienone is 6. The molecular formula is C55H96O12. The summed E-state index contributed by atoms with van der Waals surface area (Å²) in [5.41, 5.74) is 0. The van der Waals surface area contributed by atoms with Crippen LogP contribution in [0.1, 0.15) is 239 Å². The zero-order chi connectivity index (χ0) is 49.0. The number of aliphatic hydroxyl groups excluding tert-OH is 2. The second-order valence-electron chi connectivity index (χ2n) is 18.5. The molecule has 1 rings (SSSR count). The van der Waals surface area contributed by atoms with Crippen LogP contribution < -0.4 is 0 Å². The number of carboxylic acid groups (broad SMARTS) is 1. The van der Waals surface area contributed by atoms with E-state index < -0.39 is 67.3 Å². The third-order valence-electron chi connectivity index (χ3n) is 12.2. The molecule has 0 saturated carbocycles. The number of rotatable bonds is 45. The van der Waals surface area contributed by atoms with Crippen molar-refractivity contribution in [2.75, 3.05) is 13.2 Å². The average molecular weight is 949 g/mol. The van der Waals surface area contributed by atoms with Crippen molar-refractivity contribution in [2.45, 2.75) is 276 Å². The summed E-state index contributed by atoms with van der Waals surface area (Å²) in [6, 6.07) is 0. The molecule has 0 aromatic heterocycles. The van der Waals surface area contributed by atoms with E-state index >= 15 is 0 Å². The van der Waals surface area contributed by atoms with Crippen LogP contribution in [-0.4, -0.2) is 89.2 Å². The highest BCUT2D eigenvalue weighted by atomic mass is 16.7. The van der Waals surface area contributed by atoms with Crippen molar-refractivity contribution >= 4 is 23.9 Å². The number of carbonyl (C=O) groups excluding carboxylic acids is 3. The Morgan fingerprint density at radius 1 is 0.507 bits per heavy atom. The first kappa shape index (κ1) is 62.0. The topological polar surface area (TPSA) is 175 Å². The normalized spacial score (nSPS) is 19.1. The molecule has 67 heavy (non-hydrogen) atoms. The lowest BCUT2D eigenvalue weighted by atomic mass is 9.98. The van der Waals surface area contributed by atoms with Gasteiger partial charge in [0.05, 0.1) is 6.61 Å². The van der Waals surface area contributed by atoms with E-state index in [1.54, 1.807) is 0 Å². The van der Waals surface area contributed by atoms with Gasteiger partial charge >= 0.3 is 23.9 Å². The van der Waals surface area contributed by atoms with E-state index in [2.05, 4.69) is 57.2 Å². The summed E-state index contributed by atoms with van der Waals surface area (Å²) in [7, 11) is 0. The first-order chi connectivity index (χ1) is 32.6. The fourth-order valence-corrected chi connectivity index (χ4v) is 8.09. The van der Waals surface area contributed by atoms with Crippen molar-refractivity contribution in [3.63, 3.8) is 0 Å². The van der Waals surface area contributed by atoms with Gasteiger partial charge in [0.1, 0.15) is 18.8 Å². The standard InChI is InChI=1S/C55H96O12/c1-4-7-10-13-16-19-21-23-24-26-27-30-32-35-38-41-47(56)63-44-46(65-48(57)42-39-36-34-31-28-25-22-20-17-14-11-8-5-2)45-64-55-53(51(60)50(59)52(67-55)54(61)62)66-49(58)43-40-37-33-29-18-15-12-9-6-3/h8,11,17,20,25,28,46,50-53,55,59-60H,4-7,9-10,12-16,18-19,21-24,26-27,29-45H2,1-3H3,(H,61,62)/b11-8-,20-17-,28-25-. The number of carboxylic acids is 1. The molecule has 6 unspecified atom stereocenters. The van der Waals surface area contributed by atoms with Crippen LogP contribution in [0.15, 0.2) is 36.5 Å². The van der Waals surface area contributed by atoms with Crippen LogP contribution in [0, 0.1) is 0 Å². The highest BCUT2D eigenvalue weighted by Crippen LogP contribution is 2.26. The Kier molecular flexibility index (Phi) is 40.8. The molecule has 0 amide bonds. The van der Waals surface area contributed by atoms with Gasteiger partial charge in [-0.3, -0.25) is 14.4 Å². The van der Waals surface area contributed by atoms with E-state index in [1.807, 2.05) is 0 Å². The number of ether oxygens (including phenoxy) is 5. The summed E-state index contributed by atoms with van der Waals surface area (Å²) >= 11 is 0. The molecule has 0 aromatic carbocycles. The summed E-state index contributed by atoms with van der Waals surface area (Å²) in [4.78, 5) is 50.8. The molecule has 1 aliphatic heterocycles. The Morgan fingerprint density at radius 2 is 0.940 bits per heavy atom. The number of hydrogen-bond donors (Lipinski definition) is 3. The molecule has 12 nitrogen and oxygen atoms in total. The van der Waals surface area contributed by atoms with Crippen LogP contribution in [-0.2, 0) is 42.9 Å². The minimum atomic E-state index is -1.90. The minimum Gasteiger partial charge on any atom is -0.479 e. The molecule has 1 aliphatic rings. The molecule has 0 bridgehead atoms. The summed E-state index contributed by atoms with van der Waals surface area (Å²) in [6.07, 6.45) is 37.2. The SMILES string of the molecule is CC/C=C\C/C=C\C/C=C\CCCCCC(=O)OC(COC(=O)CCCCCCCCCCCCCCCCC)COC1OC(C(=O)O)C(O)C(O)C1OC(=O)CCCCCCCCCCC. The van der Waals surface area contributed by atoms with Gasteiger partial charge in [-0.15, -0.1) is 0 Å². The summed E-state index contributed by atoms with van der Waals surface area (Å²) in [5.74, 6) is -3.15. The van der Waals surface area contributed by atoms with Crippen LogP contribution in [0.25, 0.3) is 0 Å². The zero-order valence-corrected chi connectivity index (χ0v) is 42.4. The number of hydrogen-bond acceptors (Lipinski definition) is 11. The maximum absolute atomic E-state index is 13.1. The maximum Gasteiger partial charge on any atom is 0.335 e. The van der Waals surface area contributed by atoms with Crippen molar-refractivity contribution in [2.24, 2.45) is 0 Å². The average Bonchev–Trinajstić information content (AvgIpc) is 3.31. The van der Waals surface area contributed by atoms with Crippen LogP contribution in [0.5, 0.6) is 0 Å². The van der Waals surface area contributed by atoms with E-state index in [0.29, 0.717) is 19.3 Å². The van der Waals surface area contributed by atoms with Crippen molar-refractivity contribution < 1.29 is 58.2 Å². The van der Waals surface area contributed by atoms with Crippen molar-refractivity contribution in [3.8, 4) is 0 Å². The Hall–Kier alpha value is -3.06. The van der Waals surface area contributed by atoms with Gasteiger partial charge in [0.25, 0.3) is 0 Å². The van der Waals surface area contributed by atoms with Gasteiger partial charge in [-0.2, -0.15) is 0 Å². The van der Waals surface area contributed by atoms with Gasteiger partial charge in [0.15, 0.2) is 24.6 Å². The molecule has 0 radical (unpaired) electrons. The lowest BCUT2D eigenvalue weighted by Crippen LogP contribution is -2.61. The van der Waals surface area contributed by atoms with Gasteiger partial charge in [0, 0.05) is 19.3 Å². The highest BCUT2D eigenvalue weighted by Gasteiger charge is 2.50. The van der Waals surface area contributed by atoms with Crippen LogP contribution in [0.2, 0.25) is 0 Å². The molecule has 6 atom stereocenters. The third-order valence-corrected chi connectivity index (χ3v) is 12.2. The molecule has 1 fully saturated rings. The molecule has 1 heterocycles. The van der Waals surface area contributed by atoms with Crippen LogP contribution >= 0.6 is 0 Å². The minimum absolute atomic E-state index is 0.0601. The van der Waals surface area contributed by atoms with E-state index in [4.69, 9.17) is 23.7 Å². The number of aliphatic hydroxyl groups is 2. The molecular weight excluding hydrogens is 853 g/mol. The highest BCUT2D eigenvalue weighted by molar-refractivity contribution is 5.74. The molecule has 3 N–H and O–H groups in total. The summed E-state index contributed by atoms with van der Waals surface area (Å²) in [5, 5.41) is 31.3. The van der Waals surface area contributed by atoms with Gasteiger partial charge in [0.2, 0.25) is 0 Å². The predicted molar refractivity (Wildman–Crippen MR) is 266 cm³/mol. The van der Waals surface area contributed by atoms with Gasteiger partial charge in [-0.05, 0) is 51.4 Å². The lowest BCUT2D eigenvalue weighted by Gasteiger charge is -2.40. The first-order valence-electron chi connectivity index (χ1n) is 27.0. The third kappa shape index (κ3) is 34.8. The van der Waals surface area contributed by atoms with Gasteiger partial charge < -0.3 is 39.0 Å². The first-order valence-corrected chi connectivity index (χ1v) is 27.0. The second kappa shape index (κ2) is 44.2. The van der Waals surface area contributed by atoms with E-state index in [9.17, 15) is 34.5 Å². The van der Waals surface area contributed by atoms with Crippen LogP contribution in [0.4, 0.5) is 0 Å². The summed E-state index contributed by atoms with van der Waals surface area (Å²) in [6.45, 7) is 5.81. The lowest BCUT2D eigenvalue weighted by molar-refractivity contribution is -0.301. The summed E-state index contributed by atoms with van der Waals surface area (Å²) < 4.78 is 28.3.